The van der Waals surface area contributed by atoms with E-state index in [0.29, 0.717) is 0 Å². The molecular weight excluding hydrogens is 134 g/mol. The minimum absolute atomic E-state index is 0.955. The van der Waals surface area contributed by atoms with Crippen molar-refractivity contribution in [3.05, 3.63) is 35.5 Å². The van der Waals surface area contributed by atoms with Gasteiger partial charge in [-0.05, 0) is 18.4 Å². The molecule has 0 N–H and O–H groups in total. The van der Waals surface area contributed by atoms with Gasteiger partial charge in [0.05, 0.1) is 0 Å². The number of fused-ring (bicyclic) bond motifs is 2. The van der Waals surface area contributed by atoms with Gasteiger partial charge in [-0.25, -0.2) is 0 Å². The van der Waals surface area contributed by atoms with Crippen molar-refractivity contribution in [2.75, 3.05) is 6.54 Å². The summed E-state index contributed by atoms with van der Waals surface area (Å²) in [6.45, 7) is 0.955. The van der Waals surface area contributed by atoms with E-state index >= 15 is 0 Å². The van der Waals surface area contributed by atoms with Crippen LogP contribution < -0.4 is 0 Å². The number of nitrogens with zero attached hydrogens (tertiary/aromatic N) is 1. The molecule has 0 atom stereocenters. The lowest BCUT2D eigenvalue weighted by Crippen LogP contribution is -1.84. The Balaban J connectivity index is 2.36. The molecule has 1 aliphatic carbocycles. The van der Waals surface area contributed by atoms with Crippen LogP contribution >= 0.6 is 0 Å². The van der Waals surface area contributed by atoms with Crippen LogP contribution in [0.1, 0.15) is 12.8 Å². The average Bonchev–Trinajstić information content (AvgIpc) is 2.36. The van der Waals surface area contributed by atoms with Crippen LogP contribution in [-0.4, -0.2) is 12.8 Å². The Morgan fingerprint density at radius 3 is 3.09 bits per heavy atom. The topological polar surface area (TPSA) is 12.4 Å². The van der Waals surface area contributed by atoms with Gasteiger partial charge < -0.3 is 0 Å². The highest BCUT2D eigenvalue weighted by atomic mass is 14.7. The van der Waals surface area contributed by atoms with Crippen LogP contribution in [0.4, 0.5) is 0 Å². The lowest BCUT2D eigenvalue weighted by atomic mass is 10.1. The summed E-state index contributed by atoms with van der Waals surface area (Å²) in [6, 6.07) is 0. The monoisotopic (exact) mass is 145 g/mol. The van der Waals surface area contributed by atoms with Crippen molar-refractivity contribution in [3.8, 4) is 0 Å². The van der Waals surface area contributed by atoms with Crippen molar-refractivity contribution in [1.29, 1.82) is 0 Å². The van der Waals surface area contributed by atoms with E-state index in [2.05, 4.69) is 29.3 Å². The summed E-state index contributed by atoms with van der Waals surface area (Å²) in [6.07, 6.45) is 12.8. The van der Waals surface area contributed by atoms with Gasteiger partial charge in [0, 0.05) is 12.8 Å². The van der Waals surface area contributed by atoms with Crippen molar-refractivity contribution in [1.82, 2.24) is 0 Å². The molecule has 56 valence electrons. The molecule has 1 heteroatoms. The Hall–Kier alpha value is -1.11. The van der Waals surface area contributed by atoms with E-state index in [1.165, 1.54) is 11.1 Å². The molecule has 1 aliphatic heterocycles. The van der Waals surface area contributed by atoms with E-state index in [0.717, 1.165) is 19.4 Å². The number of allylic oxidation sites excluding steroid dienone is 5. The van der Waals surface area contributed by atoms with Crippen molar-refractivity contribution >= 4 is 6.21 Å². The molecule has 0 unspecified atom stereocenters. The zero-order valence-electron chi connectivity index (χ0n) is 6.46. The zero-order chi connectivity index (χ0) is 7.52. The number of rotatable bonds is 0. The summed E-state index contributed by atoms with van der Waals surface area (Å²) in [5, 5.41) is 0. The second kappa shape index (κ2) is 2.87. The first-order valence-corrected chi connectivity index (χ1v) is 4.00. The summed E-state index contributed by atoms with van der Waals surface area (Å²) in [5.41, 5.74) is 2.84. The smallest absolute Gasteiger partial charge is 0.0426 e. The van der Waals surface area contributed by atoms with Gasteiger partial charge in [0.25, 0.3) is 0 Å². The van der Waals surface area contributed by atoms with Crippen LogP contribution in [0.15, 0.2) is 40.4 Å². The van der Waals surface area contributed by atoms with Crippen molar-refractivity contribution < 1.29 is 0 Å². The summed E-state index contributed by atoms with van der Waals surface area (Å²) in [7, 11) is 0. The van der Waals surface area contributed by atoms with E-state index < -0.39 is 0 Å². The van der Waals surface area contributed by atoms with Gasteiger partial charge >= 0.3 is 0 Å². The number of hydrogen-bond donors (Lipinski definition) is 0. The molecule has 0 spiro atoms. The van der Waals surface area contributed by atoms with Crippen LogP contribution in [-0.2, 0) is 0 Å². The van der Waals surface area contributed by atoms with Gasteiger partial charge in [0.15, 0.2) is 0 Å². The molecule has 1 heterocycles. The maximum Gasteiger partial charge on any atom is 0.0426 e. The maximum atomic E-state index is 4.29. The second-order valence-corrected chi connectivity index (χ2v) is 2.91. The minimum atomic E-state index is 0.955. The molecule has 2 bridgehead atoms. The second-order valence-electron chi connectivity index (χ2n) is 2.91. The van der Waals surface area contributed by atoms with Gasteiger partial charge in [0.2, 0.25) is 0 Å². The zero-order valence-corrected chi connectivity index (χ0v) is 6.46. The van der Waals surface area contributed by atoms with Crippen LogP contribution in [0.5, 0.6) is 0 Å². The highest BCUT2D eigenvalue weighted by Gasteiger charge is 2.04. The summed E-state index contributed by atoms with van der Waals surface area (Å²) in [4.78, 5) is 4.29. The van der Waals surface area contributed by atoms with E-state index in [9.17, 15) is 0 Å². The average molecular weight is 145 g/mol. The fourth-order valence-electron chi connectivity index (χ4n) is 1.40. The molecule has 2 aliphatic rings. The molecule has 0 aromatic rings. The first-order valence-electron chi connectivity index (χ1n) is 4.00. The van der Waals surface area contributed by atoms with Gasteiger partial charge in [-0.3, -0.25) is 4.99 Å². The highest BCUT2D eigenvalue weighted by molar-refractivity contribution is 5.80. The Morgan fingerprint density at radius 1 is 1.18 bits per heavy atom. The molecule has 0 saturated carbocycles. The largest absolute Gasteiger partial charge is 0.293 e. The highest BCUT2D eigenvalue weighted by Crippen LogP contribution is 2.18. The van der Waals surface area contributed by atoms with Crippen molar-refractivity contribution in [2.24, 2.45) is 4.99 Å². The standard InChI is InChI=1S/C10H11N/c1-2-4-10-7-9(3-1)5-6-11-8-10/h1-4,8H,5-7H2. The lowest BCUT2D eigenvalue weighted by molar-refractivity contribution is 0.940. The summed E-state index contributed by atoms with van der Waals surface area (Å²) in [5.74, 6) is 0. The maximum absolute atomic E-state index is 4.29. The number of hydrogen-bond acceptors (Lipinski definition) is 1. The van der Waals surface area contributed by atoms with Gasteiger partial charge in [0.1, 0.15) is 0 Å². The van der Waals surface area contributed by atoms with Gasteiger partial charge in [-0.1, -0.05) is 29.9 Å². The van der Waals surface area contributed by atoms with E-state index in [1.807, 2.05) is 6.21 Å². The third kappa shape index (κ3) is 1.48. The van der Waals surface area contributed by atoms with Gasteiger partial charge in [-0.2, -0.15) is 0 Å². The van der Waals surface area contributed by atoms with Gasteiger partial charge in [-0.15, -0.1) is 0 Å². The molecule has 11 heavy (non-hydrogen) atoms. The van der Waals surface area contributed by atoms with E-state index in [4.69, 9.17) is 0 Å². The van der Waals surface area contributed by atoms with Crippen LogP contribution in [0.25, 0.3) is 0 Å². The summed E-state index contributed by atoms with van der Waals surface area (Å²) >= 11 is 0. The third-order valence-electron chi connectivity index (χ3n) is 2.00. The van der Waals surface area contributed by atoms with Crippen molar-refractivity contribution in [2.45, 2.75) is 12.8 Å². The van der Waals surface area contributed by atoms with Crippen molar-refractivity contribution in [3.63, 3.8) is 0 Å². The Bertz CT molecular complexity index is 267. The van der Waals surface area contributed by atoms with E-state index in [-0.39, 0.29) is 0 Å². The predicted molar refractivity (Wildman–Crippen MR) is 47.9 cm³/mol. The quantitative estimate of drug-likeness (QED) is 0.496. The Morgan fingerprint density at radius 2 is 2.09 bits per heavy atom. The molecule has 0 fully saturated rings. The normalized spacial score (nSPS) is 21.8. The molecule has 0 radical (unpaired) electrons. The van der Waals surface area contributed by atoms with E-state index in [1.54, 1.807) is 0 Å². The Kier molecular flexibility index (Phi) is 1.72. The minimum Gasteiger partial charge on any atom is -0.293 e. The molecule has 1 nitrogen and oxygen atoms in total. The first-order chi connectivity index (χ1) is 5.45. The molecular formula is C10H11N. The fraction of sp³-hybridized carbons (Fsp3) is 0.300. The molecule has 0 aromatic heterocycles. The third-order valence-corrected chi connectivity index (χ3v) is 2.00. The first kappa shape index (κ1) is 6.59. The molecule has 0 saturated heterocycles. The lowest BCUT2D eigenvalue weighted by Gasteiger charge is -1.98. The molecule has 2 rings (SSSR count). The van der Waals surface area contributed by atoms with Crippen LogP contribution in [0.2, 0.25) is 0 Å². The SMILES string of the molecule is C1=CC=C2CCN=CC(=C1)C2. The summed E-state index contributed by atoms with van der Waals surface area (Å²) < 4.78 is 0. The fourth-order valence-corrected chi connectivity index (χ4v) is 1.40. The molecule has 0 amide bonds. The predicted octanol–water partition coefficient (Wildman–Crippen LogP) is 2.27. The van der Waals surface area contributed by atoms with Crippen LogP contribution in [0.3, 0.4) is 0 Å². The number of aliphatic imine (C=N–C) groups is 1. The van der Waals surface area contributed by atoms with Crippen LogP contribution in [0, 0.1) is 0 Å². The molecule has 0 aromatic carbocycles. The Labute approximate surface area is 66.8 Å².